The summed E-state index contributed by atoms with van der Waals surface area (Å²) in [6, 6.07) is 16.2. The number of amides is 2. The lowest BCUT2D eigenvalue weighted by molar-refractivity contribution is -0.464. The highest BCUT2D eigenvalue weighted by Gasteiger charge is 2.39. The van der Waals surface area contributed by atoms with Gasteiger partial charge < -0.3 is 14.3 Å². The molecule has 7 heteroatoms. The summed E-state index contributed by atoms with van der Waals surface area (Å²) >= 11 is 0. The first-order valence-electron chi connectivity index (χ1n) is 12.0. The number of carbonyl (C=O) groups is 1. The molecule has 0 saturated carbocycles. The van der Waals surface area contributed by atoms with Crippen LogP contribution in [0.15, 0.2) is 42.5 Å². The molecule has 3 rings (SSSR count). The Kier molecular flexibility index (Phi) is 7.54. The summed E-state index contributed by atoms with van der Waals surface area (Å²) in [6.07, 6.45) is 0.902. The van der Waals surface area contributed by atoms with Gasteiger partial charge in [-0.05, 0) is 61.3 Å². The molecule has 0 aliphatic carbocycles. The van der Waals surface area contributed by atoms with Gasteiger partial charge in [-0.2, -0.15) is 5.26 Å². The fourth-order valence-corrected chi connectivity index (χ4v) is 4.79. The zero-order valence-corrected chi connectivity index (χ0v) is 22.5. The highest BCUT2D eigenvalue weighted by molar-refractivity contribution is 6.74. The second-order valence-corrected chi connectivity index (χ2v) is 14.9. The normalized spacial score (nSPS) is 11.9. The number of fused-ring (bicyclic) bond motifs is 1. The molecule has 2 amide bonds. The van der Waals surface area contributed by atoms with Crippen LogP contribution in [0, 0.1) is 11.3 Å². The summed E-state index contributed by atoms with van der Waals surface area (Å²) in [4.78, 5) is 12.0. The molecule has 0 aliphatic rings. The lowest BCUT2D eigenvalue weighted by Crippen LogP contribution is -2.85. The van der Waals surface area contributed by atoms with Crippen molar-refractivity contribution in [3.63, 3.8) is 0 Å². The number of nitrogens with two attached hydrogens (primary N) is 1. The van der Waals surface area contributed by atoms with E-state index in [0.29, 0.717) is 12.1 Å². The summed E-state index contributed by atoms with van der Waals surface area (Å²) in [7, 11) is -1.98. The topological polar surface area (TPSA) is 83.7 Å². The van der Waals surface area contributed by atoms with Gasteiger partial charge in [0.1, 0.15) is 17.5 Å². The molecule has 0 radical (unpaired) electrons. The number of primary amides is 1. The number of rotatable bonds is 7. The van der Waals surface area contributed by atoms with Gasteiger partial charge in [0, 0.05) is 36.7 Å². The molecule has 3 aromatic rings. The second kappa shape index (κ2) is 10.0. The summed E-state index contributed by atoms with van der Waals surface area (Å²) in [5, 5.41) is 15.5. The van der Waals surface area contributed by atoms with Crippen molar-refractivity contribution in [3.05, 3.63) is 48.0 Å². The van der Waals surface area contributed by atoms with Crippen molar-refractivity contribution in [3.8, 4) is 23.1 Å². The minimum atomic E-state index is -1.98. The molecule has 1 aromatic heterocycles. The second-order valence-electron chi connectivity index (χ2n) is 10.2. The maximum Gasteiger partial charge on any atom is 0.418 e. The fraction of sp³-hybridized carbons (Fsp3) is 0.407. The van der Waals surface area contributed by atoms with Crippen molar-refractivity contribution in [2.24, 2.45) is 0 Å². The summed E-state index contributed by atoms with van der Waals surface area (Å²) in [5.41, 5.74) is 4.34. The van der Waals surface area contributed by atoms with E-state index in [9.17, 15) is 10.1 Å². The third kappa shape index (κ3) is 5.19. The maximum atomic E-state index is 12.0. The average Bonchev–Trinajstić information content (AvgIpc) is 3.09. The highest BCUT2D eigenvalue weighted by Crippen LogP contribution is 2.40. The third-order valence-electron chi connectivity index (χ3n) is 6.67. The van der Waals surface area contributed by atoms with E-state index in [-0.39, 0.29) is 11.1 Å². The van der Waals surface area contributed by atoms with Gasteiger partial charge in [-0.1, -0.05) is 27.7 Å². The van der Waals surface area contributed by atoms with Crippen molar-refractivity contribution in [1.29, 1.82) is 5.26 Å². The van der Waals surface area contributed by atoms with E-state index < -0.39 is 8.32 Å². The van der Waals surface area contributed by atoms with E-state index in [0.717, 1.165) is 46.6 Å². The Bertz CT molecular complexity index is 1210. The van der Waals surface area contributed by atoms with Crippen LogP contribution in [-0.2, 0) is 6.54 Å². The number of urea groups is 1. The van der Waals surface area contributed by atoms with Crippen LogP contribution < -0.4 is 15.1 Å². The minimum absolute atomic E-state index is 0.0933. The van der Waals surface area contributed by atoms with Crippen LogP contribution in [0.25, 0.3) is 22.2 Å². The van der Waals surface area contributed by atoms with Crippen molar-refractivity contribution < 1.29 is 14.5 Å². The van der Waals surface area contributed by atoms with Crippen LogP contribution in [-0.4, -0.2) is 25.5 Å². The highest BCUT2D eigenvalue weighted by atomic mass is 28.4. The SMILES string of the molecule is CCCNC(=O)[NH2+]c1ccc(-c2c(C#N)c3ccc(O[Si](C)(C)C(C)(C)C)cc3n2CC)cc1. The lowest BCUT2D eigenvalue weighted by Gasteiger charge is -2.36. The lowest BCUT2D eigenvalue weighted by atomic mass is 10.1. The van der Waals surface area contributed by atoms with E-state index in [1.807, 2.05) is 43.3 Å². The number of aromatic nitrogens is 1. The first-order valence-corrected chi connectivity index (χ1v) is 14.9. The molecule has 0 atom stereocenters. The molecule has 0 unspecified atom stereocenters. The van der Waals surface area contributed by atoms with E-state index in [1.165, 1.54) is 0 Å². The van der Waals surface area contributed by atoms with Crippen molar-refractivity contribution in [1.82, 2.24) is 9.88 Å². The van der Waals surface area contributed by atoms with Gasteiger partial charge in [0.15, 0.2) is 0 Å². The van der Waals surface area contributed by atoms with Gasteiger partial charge in [0.2, 0.25) is 8.32 Å². The quantitative estimate of drug-likeness (QED) is 0.328. The Morgan fingerprint density at radius 2 is 1.82 bits per heavy atom. The largest absolute Gasteiger partial charge is 0.543 e. The molecular weight excluding hydrogens is 440 g/mol. The van der Waals surface area contributed by atoms with Gasteiger partial charge in [-0.3, -0.25) is 0 Å². The number of benzene rings is 2. The van der Waals surface area contributed by atoms with Crippen molar-refractivity contribution in [2.45, 2.75) is 65.7 Å². The van der Waals surface area contributed by atoms with E-state index >= 15 is 0 Å². The van der Waals surface area contributed by atoms with Crippen LogP contribution in [0.1, 0.15) is 46.6 Å². The maximum absolute atomic E-state index is 12.0. The Morgan fingerprint density at radius 3 is 2.38 bits per heavy atom. The molecule has 180 valence electrons. The van der Waals surface area contributed by atoms with Crippen molar-refractivity contribution >= 4 is 30.9 Å². The Morgan fingerprint density at radius 1 is 1.15 bits per heavy atom. The van der Waals surface area contributed by atoms with E-state index in [2.05, 4.69) is 62.8 Å². The first kappa shape index (κ1) is 25.5. The number of nitrogens with zero attached hydrogens (tertiary/aromatic N) is 2. The molecule has 6 nitrogen and oxygen atoms in total. The van der Waals surface area contributed by atoms with E-state index in [4.69, 9.17) is 4.43 Å². The molecule has 0 bridgehead atoms. The molecule has 0 fully saturated rings. The number of hydrogen-bond acceptors (Lipinski definition) is 3. The van der Waals surface area contributed by atoms with E-state index in [1.54, 1.807) is 5.32 Å². The molecular formula is C27H37N4O2Si+. The average molecular weight is 478 g/mol. The zero-order chi connectivity index (χ0) is 25.1. The third-order valence-corrected chi connectivity index (χ3v) is 11.0. The van der Waals surface area contributed by atoms with Crippen molar-refractivity contribution in [2.75, 3.05) is 6.54 Å². The summed E-state index contributed by atoms with van der Waals surface area (Å²) in [5.74, 6) is 0.852. The van der Waals surface area contributed by atoms with Gasteiger partial charge in [0.25, 0.3) is 0 Å². The molecule has 2 aromatic carbocycles. The summed E-state index contributed by atoms with van der Waals surface area (Å²) in [6.45, 7) is 16.7. The molecule has 0 spiro atoms. The number of hydrogen-bond donors (Lipinski definition) is 2. The summed E-state index contributed by atoms with van der Waals surface area (Å²) < 4.78 is 8.72. The molecule has 3 N–H and O–H groups in total. The van der Waals surface area contributed by atoms with Gasteiger partial charge in [0.05, 0.1) is 16.8 Å². The smallest absolute Gasteiger partial charge is 0.418 e. The molecule has 34 heavy (non-hydrogen) atoms. The Balaban J connectivity index is 2.01. The molecule has 0 aliphatic heterocycles. The number of nitrogens with one attached hydrogen (secondary N) is 1. The van der Waals surface area contributed by atoms with Crippen LogP contribution >= 0.6 is 0 Å². The Hall–Kier alpha value is -3.08. The predicted octanol–water partition coefficient (Wildman–Crippen LogP) is 5.90. The monoisotopic (exact) mass is 477 g/mol. The first-order chi connectivity index (χ1) is 16.0. The standard InChI is InChI=1S/C27H36N4O2Si/c1-8-16-29-26(32)30-20-12-10-19(11-13-20)25-23(18-28)22-15-14-21(17-24(22)31(25)9-2)33-34(6,7)27(3,4)5/h10-15,17H,8-9,16H2,1-7H3,(H2,29,30,32)/p+1. The van der Waals surface area contributed by atoms with Gasteiger partial charge >= 0.3 is 6.03 Å². The zero-order valence-electron chi connectivity index (χ0n) is 21.5. The van der Waals surface area contributed by atoms with Crippen LogP contribution in [0.5, 0.6) is 5.75 Å². The molecule has 1 heterocycles. The molecule has 0 saturated heterocycles. The fourth-order valence-electron chi connectivity index (χ4n) is 3.77. The number of quaternary nitrogens is 1. The Labute approximate surface area is 204 Å². The number of nitriles is 1. The number of aryl methyl sites for hydroxylation is 1. The van der Waals surface area contributed by atoms with Crippen LogP contribution in [0.4, 0.5) is 10.5 Å². The van der Waals surface area contributed by atoms with Crippen LogP contribution in [0.3, 0.4) is 0 Å². The number of carbonyl (C=O) groups excluding carboxylic acids is 1. The van der Waals surface area contributed by atoms with Crippen LogP contribution in [0.2, 0.25) is 18.1 Å². The van der Waals surface area contributed by atoms with Gasteiger partial charge in [-0.25, -0.2) is 10.1 Å². The van der Waals surface area contributed by atoms with Gasteiger partial charge in [-0.15, -0.1) is 0 Å². The predicted molar refractivity (Wildman–Crippen MR) is 141 cm³/mol. The minimum Gasteiger partial charge on any atom is -0.543 e.